The quantitative estimate of drug-likeness (QED) is 0.687. The molecule has 1 rings (SSSR count). The number of hydrogen-bond acceptors (Lipinski definition) is 4. The van der Waals surface area contributed by atoms with Gasteiger partial charge in [0.25, 0.3) is 0 Å². The van der Waals surface area contributed by atoms with Gasteiger partial charge in [-0.25, -0.2) is 4.68 Å². The molecule has 0 radical (unpaired) electrons. The van der Waals surface area contributed by atoms with Crippen molar-refractivity contribution in [1.82, 2.24) is 20.3 Å². The van der Waals surface area contributed by atoms with Gasteiger partial charge in [0.2, 0.25) is 5.91 Å². The number of nitrogens with one attached hydrogen (secondary N) is 1. The highest BCUT2D eigenvalue weighted by atomic mass is 16.2. The van der Waals surface area contributed by atoms with Gasteiger partial charge in [-0.2, -0.15) is 0 Å². The lowest BCUT2D eigenvalue weighted by atomic mass is 10.3. The van der Waals surface area contributed by atoms with Crippen molar-refractivity contribution >= 4 is 11.7 Å². The molecule has 0 spiro atoms. The summed E-state index contributed by atoms with van der Waals surface area (Å²) in [6, 6.07) is -0.369. The van der Waals surface area contributed by atoms with Crippen molar-refractivity contribution < 1.29 is 4.79 Å². The molecule has 0 aliphatic rings. The van der Waals surface area contributed by atoms with E-state index in [9.17, 15) is 4.79 Å². The van der Waals surface area contributed by atoms with E-state index in [0.29, 0.717) is 12.4 Å². The second-order valence-electron chi connectivity index (χ2n) is 3.44. The minimum Gasteiger partial charge on any atom is -0.381 e. The summed E-state index contributed by atoms with van der Waals surface area (Å²) in [6.45, 7) is 4.53. The van der Waals surface area contributed by atoms with E-state index in [0.717, 1.165) is 12.8 Å². The van der Waals surface area contributed by atoms with E-state index >= 15 is 0 Å². The number of hydrogen-bond donors (Lipinski definition) is 2. The molecule has 6 nitrogen and oxygen atoms in total. The number of nitrogens with zero attached hydrogens (tertiary/aromatic N) is 3. The fourth-order valence-corrected chi connectivity index (χ4v) is 1.14. The molecule has 15 heavy (non-hydrogen) atoms. The summed E-state index contributed by atoms with van der Waals surface area (Å²) in [4.78, 5) is 11.6. The van der Waals surface area contributed by atoms with Gasteiger partial charge in [0.05, 0.1) is 6.20 Å². The van der Waals surface area contributed by atoms with Crippen LogP contribution >= 0.6 is 0 Å². The lowest BCUT2D eigenvalue weighted by Gasteiger charge is -2.11. The summed E-state index contributed by atoms with van der Waals surface area (Å²) in [5, 5.41) is 10.2. The van der Waals surface area contributed by atoms with Gasteiger partial charge in [0, 0.05) is 6.54 Å². The highest BCUT2D eigenvalue weighted by molar-refractivity contribution is 5.79. The van der Waals surface area contributed by atoms with Crippen molar-refractivity contribution in [3.8, 4) is 0 Å². The topological polar surface area (TPSA) is 85.8 Å². The first-order valence-corrected chi connectivity index (χ1v) is 5.10. The normalized spacial score (nSPS) is 12.4. The summed E-state index contributed by atoms with van der Waals surface area (Å²) in [5.41, 5.74) is 5.41. The molecule has 6 heteroatoms. The Morgan fingerprint density at radius 1 is 1.73 bits per heavy atom. The van der Waals surface area contributed by atoms with Crippen LogP contribution in [0.25, 0.3) is 0 Å². The van der Waals surface area contributed by atoms with E-state index in [4.69, 9.17) is 5.73 Å². The minimum absolute atomic E-state index is 0.0617. The van der Waals surface area contributed by atoms with Crippen molar-refractivity contribution in [3.05, 3.63) is 6.20 Å². The van der Waals surface area contributed by atoms with Gasteiger partial charge in [0.15, 0.2) is 5.82 Å². The molecule has 0 aliphatic carbocycles. The molecule has 1 atom stereocenters. The summed E-state index contributed by atoms with van der Waals surface area (Å²) in [6.07, 6.45) is 3.59. The van der Waals surface area contributed by atoms with Crippen LogP contribution in [-0.4, -0.2) is 27.4 Å². The van der Waals surface area contributed by atoms with Crippen molar-refractivity contribution in [1.29, 1.82) is 0 Å². The Balaban J connectivity index is 2.46. The van der Waals surface area contributed by atoms with Gasteiger partial charge in [-0.3, -0.25) is 4.79 Å². The third kappa shape index (κ3) is 3.23. The summed E-state index contributed by atoms with van der Waals surface area (Å²) >= 11 is 0. The molecule has 0 saturated carbocycles. The molecule has 3 N–H and O–H groups in total. The van der Waals surface area contributed by atoms with Crippen molar-refractivity contribution in [2.45, 2.75) is 32.7 Å². The fourth-order valence-electron chi connectivity index (χ4n) is 1.14. The van der Waals surface area contributed by atoms with Gasteiger partial charge in [-0.1, -0.05) is 18.6 Å². The standard InChI is InChI=1S/C9H17N5O/c1-3-4-5-11-9(15)7(2)14-6-8(10)12-13-14/h6-7H,3-5,10H2,1-2H3,(H,11,15). The number of unbranched alkanes of at least 4 members (excludes halogenated alkanes) is 1. The zero-order valence-electron chi connectivity index (χ0n) is 9.10. The first-order chi connectivity index (χ1) is 7.15. The van der Waals surface area contributed by atoms with Gasteiger partial charge in [-0.05, 0) is 13.3 Å². The van der Waals surface area contributed by atoms with Gasteiger partial charge < -0.3 is 11.1 Å². The zero-order valence-corrected chi connectivity index (χ0v) is 9.10. The molecular formula is C9H17N5O. The molecule has 1 unspecified atom stereocenters. The Morgan fingerprint density at radius 3 is 3.00 bits per heavy atom. The Morgan fingerprint density at radius 2 is 2.47 bits per heavy atom. The number of aromatic nitrogens is 3. The molecule has 1 aromatic heterocycles. The molecule has 0 saturated heterocycles. The van der Waals surface area contributed by atoms with E-state index in [2.05, 4.69) is 22.6 Å². The SMILES string of the molecule is CCCCNC(=O)C(C)n1cc(N)nn1. The molecule has 0 fully saturated rings. The molecule has 1 aromatic rings. The maximum Gasteiger partial charge on any atom is 0.244 e. The Hall–Kier alpha value is -1.59. The number of anilines is 1. The van der Waals surface area contributed by atoms with Crippen LogP contribution in [-0.2, 0) is 4.79 Å². The van der Waals surface area contributed by atoms with Crippen LogP contribution < -0.4 is 11.1 Å². The van der Waals surface area contributed by atoms with Crippen LogP contribution in [0.15, 0.2) is 6.20 Å². The highest BCUT2D eigenvalue weighted by Gasteiger charge is 2.15. The second kappa shape index (κ2) is 5.33. The number of rotatable bonds is 5. The Kier molecular flexibility index (Phi) is 4.08. The third-order valence-electron chi connectivity index (χ3n) is 2.13. The predicted molar refractivity (Wildman–Crippen MR) is 57.1 cm³/mol. The first-order valence-electron chi connectivity index (χ1n) is 5.10. The Labute approximate surface area is 88.8 Å². The van der Waals surface area contributed by atoms with Crippen molar-refractivity contribution in [3.63, 3.8) is 0 Å². The third-order valence-corrected chi connectivity index (χ3v) is 2.13. The van der Waals surface area contributed by atoms with Crippen molar-refractivity contribution in [2.75, 3.05) is 12.3 Å². The van der Waals surface area contributed by atoms with Gasteiger partial charge >= 0.3 is 0 Å². The smallest absolute Gasteiger partial charge is 0.244 e. The van der Waals surface area contributed by atoms with Gasteiger partial charge in [0.1, 0.15) is 6.04 Å². The minimum atomic E-state index is -0.369. The van der Waals surface area contributed by atoms with E-state index in [1.54, 1.807) is 13.1 Å². The molecule has 0 aromatic carbocycles. The van der Waals surface area contributed by atoms with Crippen LogP contribution in [0.3, 0.4) is 0 Å². The van der Waals surface area contributed by atoms with E-state index in [1.807, 2.05) is 0 Å². The average molecular weight is 211 g/mol. The fraction of sp³-hybridized carbons (Fsp3) is 0.667. The van der Waals surface area contributed by atoms with E-state index in [-0.39, 0.29) is 11.9 Å². The molecule has 0 aliphatic heterocycles. The second-order valence-corrected chi connectivity index (χ2v) is 3.44. The highest BCUT2D eigenvalue weighted by Crippen LogP contribution is 2.05. The lowest BCUT2D eigenvalue weighted by molar-refractivity contribution is -0.124. The van der Waals surface area contributed by atoms with Crippen LogP contribution in [0.1, 0.15) is 32.7 Å². The molecular weight excluding hydrogens is 194 g/mol. The number of nitrogens with two attached hydrogens (primary N) is 1. The largest absolute Gasteiger partial charge is 0.381 e. The van der Waals surface area contributed by atoms with Crippen molar-refractivity contribution in [2.24, 2.45) is 0 Å². The predicted octanol–water partition coefficient (Wildman–Crippen LogP) is 0.338. The van der Waals surface area contributed by atoms with Crippen LogP contribution in [0.5, 0.6) is 0 Å². The zero-order chi connectivity index (χ0) is 11.3. The summed E-state index contributed by atoms with van der Waals surface area (Å²) in [7, 11) is 0. The monoisotopic (exact) mass is 211 g/mol. The van der Waals surface area contributed by atoms with E-state index < -0.39 is 0 Å². The number of carbonyl (C=O) groups is 1. The van der Waals surface area contributed by atoms with Gasteiger partial charge in [-0.15, -0.1) is 5.10 Å². The summed E-state index contributed by atoms with van der Waals surface area (Å²) in [5.74, 6) is 0.261. The number of carbonyl (C=O) groups excluding carboxylic acids is 1. The maximum absolute atomic E-state index is 11.6. The molecule has 1 amide bonds. The molecule has 1 heterocycles. The number of nitrogen functional groups attached to an aromatic ring is 1. The van der Waals surface area contributed by atoms with Crippen LogP contribution in [0.4, 0.5) is 5.82 Å². The van der Waals surface area contributed by atoms with E-state index in [1.165, 1.54) is 4.68 Å². The average Bonchev–Trinajstić information content (AvgIpc) is 2.64. The molecule has 0 bridgehead atoms. The van der Waals surface area contributed by atoms with Crippen LogP contribution in [0.2, 0.25) is 0 Å². The van der Waals surface area contributed by atoms with Crippen LogP contribution in [0, 0.1) is 0 Å². The first kappa shape index (κ1) is 11.5. The Bertz CT molecular complexity index is 322. The molecule has 84 valence electrons. The maximum atomic E-state index is 11.6. The summed E-state index contributed by atoms with van der Waals surface area (Å²) < 4.78 is 1.45. The number of amides is 1. The lowest BCUT2D eigenvalue weighted by Crippen LogP contribution is -2.31.